The van der Waals surface area contributed by atoms with Gasteiger partial charge in [-0.15, -0.1) is 0 Å². The summed E-state index contributed by atoms with van der Waals surface area (Å²) in [4.78, 5) is 0. The molecule has 4 heteroatoms. The van der Waals surface area contributed by atoms with Crippen LogP contribution in [0.5, 0.6) is 11.5 Å². The smallest absolute Gasteiger partial charge is 0.251 e. The van der Waals surface area contributed by atoms with Gasteiger partial charge >= 0.3 is 0 Å². The van der Waals surface area contributed by atoms with E-state index in [0.29, 0.717) is 35.5 Å². The molecule has 0 spiro atoms. The van der Waals surface area contributed by atoms with Gasteiger partial charge < -0.3 is 9.47 Å². The number of nitriles is 2. The zero-order valence-corrected chi connectivity index (χ0v) is 9.78. The molecule has 0 fully saturated rings. The number of fused-ring (bicyclic) bond motifs is 1. The standard InChI is InChI=1S/C13H12N2O2/c1-3-13(4-2)16-11-5-9(7-14)10(8-15)6-12(11)17-13/h5-6H,3-4H2,1-2H3. The van der Waals surface area contributed by atoms with Crippen molar-refractivity contribution in [3.8, 4) is 23.6 Å². The van der Waals surface area contributed by atoms with Gasteiger partial charge in [-0.05, 0) is 0 Å². The van der Waals surface area contributed by atoms with Crippen molar-refractivity contribution in [2.24, 2.45) is 0 Å². The molecule has 0 atom stereocenters. The third-order valence-electron chi connectivity index (χ3n) is 2.99. The first-order valence-corrected chi connectivity index (χ1v) is 5.54. The quantitative estimate of drug-likeness (QED) is 0.780. The normalized spacial score (nSPS) is 15.1. The average Bonchev–Trinajstić information content (AvgIpc) is 2.75. The maximum atomic E-state index is 8.93. The molecule has 1 heterocycles. The molecule has 0 saturated heterocycles. The average molecular weight is 228 g/mol. The largest absolute Gasteiger partial charge is 0.448 e. The number of hydrogen-bond donors (Lipinski definition) is 0. The highest BCUT2D eigenvalue weighted by atomic mass is 16.7. The van der Waals surface area contributed by atoms with Gasteiger partial charge in [0.05, 0.1) is 11.1 Å². The predicted octanol–water partition coefficient (Wildman–Crippen LogP) is 2.72. The summed E-state index contributed by atoms with van der Waals surface area (Å²) in [5.74, 6) is 0.442. The van der Waals surface area contributed by atoms with E-state index in [4.69, 9.17) is 20.0 Å². The molecule has 0 amide bonds. The molecule has 0 aromatic heterocycles. The van der Waals surface area contributed by atoms with E-state index in [1.807, 2.05) is 26.0 Å². The summed E-state index contributed by atoms with van der Waals surface area (Å²) in [5.41, 5.74) is 0.635. The number of hydrogen-bond acceptors (Lipinski definition) is 4. The van der Waals surface area contributed by atoms with Crippen LogP contribution >= 0.6 is 0 Å². The van der Waals surface area contributed by atoms with Gasteiger partial charge in [0.2, 0.25) is 0 Å². The summed E-state index contributed by atoms with van der Waals surface area (Å²) in [6.45, 7) is 3.96. The predicted molar refractivity (Wildman–Crippen MR) is 60.4 cm³/mol. The molecule has 0 unspecified atom stereocenters. The molecule has 1 aliphatic rings. The van der Waals surface area contributed by atoms with E-state index in [-0.39, 0.29) is 0 Å². The highest BCUT2D eigenvalue weighted by molar-refractivity contribution is 5.57. The van der Waals surface area contributed by atoms with Gasteiger partial charge in [0.15, 0.2) is 11.5 Å². The zero-order chi connectivity index (χ0) is 12.5. The zero-order valence-electron chi connectivity index (χ0n) is 9.78. The van der Waals surface area contributed by atoms with Crippen LogP contribution < -0.4 is 9.47 Å². The molecule has 1 aromatic carbocycles. The second kappa shape index (κ2) is 3.99. The van der Waals surface area contributed by atoms with Crippen molar-refractivity contribution in [1.29, 1.82) is 10.5 Å². The van der Waals surface area contributed by atoms with Crippen LogP contribution in [0.1, 0.15) is 37.8 Å². The van der Waals surface area contributed by atoms with Crippen LogP contribution in [0.4, 0.5) is 0 Å². The van der Waals surface area contributed by atoms with E-state index < -0.39 is 5.79 Å². The lowest BCUT2D eigenvalue weighted by molar-refractivity contribution is -0.0843. The Bertz CT molecular complexity index is 489. The van der Waals surface area contributed by atoms with Gasteiger partial charge in [-0.1, -0.05) is 13.8 Å². The fourth-order valence-electron chi connectivity index (χ4n) is 1.86. The van der Waals surface area contributed by atoms with E-state index in [9.17, 15) is 0 Å². The molecule has 1 aliphatic heterocycles. The lowest BCUT2D eigenvalue weighted by Crippen LogP contribution is -2.36. The minimum absolute atomic E-state index is 0.317. The summed E-state index contributed by atoms with van der Waals surface area (Å²) in [7, 11) is 0. The van der Waals surface area contributed by atoms with Crippen molar-refractivity contribution in [2.45, 2.75) is 32.5 Å². The molecule has 0 saturated carbocycles. The Labute approximate surface area is 100.0 Å². The van der Waals surface area contributed by atoms with Crippen molar-refractivity contribution in [3.63, 3.8) is 0 Å². The molecule has 0 aliphatic carbocycles. The van der Waals surface area contributed by atoms with Gasteiger partial charge in [-0.25, -0.2) is 0 Å². The SMILES string of the molecule is CCC1(CC)Oc2cc(C#N)c(C#N)cc2O1. The second-order valence-corrected chi connectivity index (χ2v) is 3.89. The fourth-order valence-corrected chi connectivity index (χ4v) is 1.86. The van der Waals surface area contributed by atoms with Crippen LogP contribution in [-0.4, -0.2) is 5.79 Å². The highest BCUT2D eigenvalue weighted by Crippen LogP contribution is 2.43. The molecule has 0 bridgehead atoms. The summed E-state index contributed by atoms with van der Waals surface area (Å²) in [6, 6.07) is 7.10. The number of nitrogens with zero attached hydrogens (tertiary/aromatic N) is 2. The number of benzene rings is 1. The molecule has 4 nitrogen and oxygen atoms in total. The molecular weight excluding hydrogens is 216 g/mol. The first-order chi connectivity index (χ1) is 8.18. The maximum Gasteiger partial charge on any atom is 0.251 e. The van der Waals surface area contributed by atoms with Crippen molar-refractivity contribution in [1.82, 2.24) is 0 Å². The Balaban J connectivity index is 2.48. The van der Waals surface area contributed by atoms with Crippen LogP contribution in [0.15, 0.2) is 12.1 Å². The Morgan fingerprint density at radius 2 is 1.41 bits per heavy atom. The topological polar surface area (TPSA) is 66.0 Å². The molecule has 0 radical (unpaired) electrons. The van der Waals surface area contributed by atoms with E-state index in [0.717, 1.165) is 0 Å². The van der Waals surface area contributed by atoms with Crippen LogP contribution in [-0.2, 0) is 0 Å². The van der Waals surface area contributed by atoms with Crippen LogP contribution in [0.2, 0.25) is 0 Å². The molecule has 0 N–H and O–H groups in total. The lowest BCUT2D eigenvalue weighted by atomic mass is 10.1. The van der Waals surface area contributed by atoms with E-state index in [1.54, 1.807) is 12.1 Å². The third-order valence-corrected chi connectivity index (χ3v) is 2.99. The second-order valence-electron chi connectivity index (χ2n) is 3.89. The van der Waals surface area contributed by atoms with E-state index in [2.05, 4.69) is 0 Å². The number of ether oxygens (including phenoxy) is 2. The van der Waals surface area contributed by atoms with Gasteiger partial charge in [-0.3, -0.25) is 0 Å². The summed E-state index contributed by atoms with van der Waals surface area (Å²) >= 11 is 0. The van der Waals surface area contributed by atoms with Crippen LogP contribution in [0.3, 0.4) is 0 Å². The first kappa shape index (κ1) is 11.3. The van der Waals surface area contributed by atoms with Crippen molar-refractivity contribution < 1.29 is 9.47 Å². The molecule has 2 rings (SSSR count). The first-order valence-electron chi connectivity index (χ1n) is 5.54. The summed E-state index contributed by atoms with van der Waals surface area (Å²) < 4.78 is 11.5. The third kappa shape index (κ3) is 1.68. The monoisotopic (exact) mass is 228 g/mol. The van der Waals surface area contributed by atoms with Crippen LogP contribution in [0, 0.1) is 22.7 Å². The highest BCUT2D eigenvalue weighted by Gasteiger charge is 2.38. The van der Waals surface area contributed by atoms with E-state index in [1.165, 1.54) is 0 Å². The summed E-state index contributed by atoms with van der Waals surface area (Å²) in [5, 5.41) is 17.9. The van der Waals surface area contributed by atoms with Gasteiger partial charge in [0.1, 0.15) is 12.1 Å². The van der Waals surface area contributed by atoms with Gasteiger partial charge in [0.25, 0.3) is 5.79 Å². The molecular formula is C13H12N2O2. The molecule has 86 valence electrons. The Hall–Kier alpha value is -2.20. The Morgan fingerprint density at radius 3 is 1.71 bits per heavy atom. The molecule has 17 heavy (non-hydrogen) atoms. The Morgan fingerprint density at radius 1 is 1.00 bits per heavy atom. The van der Waals surface area contributed by atoms with Crippen LogP contribution in [0.25, 0.3) is 0 Å². The maximum absolute atomic E-state index is 8.93. The van der Waals surface area contributed by atoms with Crippen molar-refractivity contribution >= 4 is 0 Å². The van der Waals surface area contributed by atoms with Crippen molar-refractivity contribution in [2.75, 3.05) is 0 Å². The fraction of sp³-hybridized carbons (Fsp3) is 0.385. The number of rotatable bonds is 2. The van der Waals surface area contributed by atoms with Gasteiger partial charge in [-0.2, -0.15) is 10.5 Å². The minimum atomic E-state index is -0.650. The lowest BCUT2D eigenvalue weighted by Gasteiger charge is -2.24. The van der Waals surface area contributed by atoms with Gasteiger partial charge in [0, 0.05) is 25.0 Å². The molecule has 1 aromatic rings. The van der Waals surface area contributed by atoms with E-state index >= 15 is 0 Å². The minimum Gasteiger partial charge on any atom is -0.448 e. The summed E-state index contributed by atoms with van der Waals surface area (Å²) in [6.07, 6.45) is 1.42. The Kier molecular flexibility index (Phi) is 2.65. The van der Waals surface area contributed by atoms with Crippen molar-refractivity contribution in [3.05, 3.63) is 23.3 Å².